The minimum atomic E-state index is 0.734. The van der Waals surface area contributed by atoms with Gasteiger partial charge in [0.15, 0.2) is 0 Å². The Morgan fingerprint density at radius 3 is 2.55 bits per heavy atom. The van der Waals surface area contributed by atoms with Gasteiger partial charge < -0.3 is 9.47 Å². The number of nitrogens with zero attached hydrogens (tertiary/aromatic N) is 2. The topological polar surface area (TPSA) is 44.2 Å². The summed E-state index contributed by atoms with van der Waals surface area (Å²) in [4.78, 5) is 8.97. The smallest absolute Gasteiger partial charge is 0.131 e. The Hall–Kier alpha value is -1.62. The lowest BCUT2D eigenvalue weighted by Crippen LogP contribution is -1.98. The molecule has 0 amide bonds. The lowest BCUT2D eigenvalue weighted by molar-refractivity contribution is 0.395. The second kappa shape index (κ2) is 6.70. The van der Waals surface area contributed by atoms with E-state index >= 15 is 0 Å². The van der Waals surface area contributed by atoms with Crippen LogP contribution in [0.4, 0.5) is 0 Å². The first-order valence-electron chi connectivity index (χ1n) is 6.43. The molecule has 5 heteroatoms. The summed E-state index contributed by atoms with van der Waals surface area (Å²) in [5.41, 5.74) is 1.77. The van der Waals surface area contributed by atoms with Crippen LogP contribution in [0.15, 0.2) is 28.9 Å². The molecule has 0 radical (unpaired) electrons. The van der Waals surface area contributed by atoms with Gasteiger partial charge >= 0.3 is 0 Å². The molecule has 106 valence electrons. The number of hydrogen-bond acceptors (Lipinski definition) is 4. The Morgan fingerprint density at radius 1 is 1.10 bits per heavy atom. The average molecular weight is 337 g/mol. The minimum absolute atomic E-state index is 0.734. The first-order chi connectivity index (χ1) is 9.67. The SMILES string of the molecule is CCCc1nc(Br)cc(-c2ccc(OC)cc2OC)n1. The molecule has 4 nitrogen and oxygen atoms in total. The zero-order valence-corrected chi connectivity index (χ0v) is 13.4. The zero-order valence-electron chi connectivity index (χ0n) is 11.8. The van der Waals surface area contributed by atoms with Crippen molar-refractivity contribution in [3.8, 4) is 22.8 Å². The minimum Gasteiger partial charge on any atom is -0.497 e. The third-order valence-corrected chi connectivity index (χ3v) is 3.31. The van der Waals surface area contributed by atoms with E-state index in [4.69, 9.17) is 9.47 Å². The van der Waals surface area contributed by atoms with Gasteiger partial charge in [-0.05, 0) is 40.5 Å². The van der Waals surface area contributed by atoms with Crippen LogP contribution in [-0.2, 0) is 6.42 Å². The van der Waals surface area contributed by atoms with Crippen molar-refractivity contribution in [2.24, 2.45) is 0 Å². The maximum absolute atomic E-state index is 5.43. The standard InChI is InChI=1S/C15H17BrN2O2/c1-4-5-15-17-12(9-14(16)18-15)11-7-6-10(19-2)8-13(11)20-3/h6-9H,4-5H2,1-3H3. The molecule has 0 aliphatic rings. The summed E-state index contributed by atoms with van der Waals surface area (Å²) in [7, 11) is 3.27. The Morgan fingerprint density at radius 2 is 1.90 bits per heavy atom. The van der Waals surface area contributed by atoms with E-state index in [1.807, 2.05) is 24.3 Å². The molecule has 1 heterocycles. The van der Waals surface area contributed by atoms with E-state index in [1.54, 1.807) is 14.2 Å². The lowest BCUT2D eigenvalue weighted by Gasteiger charge is -2.11. The Labute approximate surface area is 127 Å². The average Bonchev–Trinajstić information content (AvgIpc) is 2.46. The number of benzene rings is 1. The maximum atomic E-state index is 5.43. The van der Waals surface area contributed by atoms with E-state index in [0.717, 1.165) is 46.0 Å². The highest BCUT2D eigenvalue weighted by Gasteiger charge is 2.11. The Bertz CT molecular complexity index is 602. The van der Waals surface area contributed by atoms with Crippen molar-refractivity contribution in [1.82, 2.24) is 9.97 Å². The summed E-state index contributed by atoms with van der Waals surface area (Å²) < 4.78 is 11.4. The van der Waals surface area contributed by atoms with Crippen LogP contribution in [0.3, 0.4) is 0 Å². The molecule has 0 aliphatic carbocycles. The monoisotopic (exact) mass is 336 g/mol. The molecular formula is C15H17BrN2O2. The van der Waals surface area contributed by atoms with Gasteiger partial charge in [-0.1, -0.05) is 6.92 Å². The fourth-order valence-corrected chi connectivity index (χ4v) is 2.37. The number of hydrogen-bond donors (Lipinski definition) is 0. The number of methoxy groups -OCH3 is 2. The summed E-state index contributed by atoms with van der Waals surface area (Å²) in [5.74, 6) is 2.32. The fraction of sp³-hybridized carbons (Fsp3) is 0.333. The molecule has 0 aliphatic heterocycles. The summed E-state index contributed by atoms with van der Waals surface area (Å²) in [5, 5.41) is 0. The van der Waals surface area contributed by atoms with Gasteiger partial charge in [0.25, 0.3) is 0 Å². The van der Waals surface area contributed by atoms with E-state index in [2.05, 4.69) is 32.8 Å². The largest absolute Gasteiger partial charge is 0.497 e. The van der Waals surface area contributed by atoms with Crippen molar-refractivity contribution in [2.75, 3.05) is 14.2 Å². The predicted molar refractivity (Wildman–Crippen MR) is 82.3 cm³/mol. The third-order valence-electron chi connectivity index (χ3n) is 2.90. The van der Waals surface area contributed by atoms with Crippen LogP contribution in [-0.4, -0.2) is 24.2 Å². The molecule has 0 bridgehead atoms. The van der Waals surface area contributed by atoms with Crippen LogP contribution < -0.4 is 9.47 Å². The van der Waals surface area contributed by atoms with Gasteiger partial charge in [0, 0.05) is 18.1 Å². The quantitative estimate of drug-likeness (QED) is 0.777. The van der Waals surface area contributed by atoms with Gasteiger partial charge in [-0.15, -0.1) is 0 Å². The van der Waals surface area contributed by atoms with Gasteiger partial charge in [-0.3, -0.25) is 0 Å². The second-order valence-electron chi connectivity index (χ2n) is 4.31. The number of ether oxygens (including phenoxy) is 2. The highest BCUT2D eigenvalue weighted by molar-refractivity contribution is 9.10. The van der Waals surface area contributed by atoms with E-state index in [9.17, 15) is 0 Å². The van der Waals surface area contributed by atoms with Crippen LogP contribution in [0, 0.1) is 0 Å². The Balaban J connectivity index is 2.50. The fourth-order valence-electron chi connectivity index (χ4n) is 1.95. The number of aryl methyl sites for hydroxylation is 1. The molecule has 0 N–H and O–H groups in total. The summed E-state index contributed by atoms with van der Waals surface area (Å²) >= 11 is 3.44. The normalized spacial score (nSPS) is 10.4. The van der Waals surface area contributed by atoms with Crippen LogP contribution in [0.2, 0.25) is 0 Å². The van der Waals surface area contributed by atoms with E-state index in [0.29, 0.717) is 0 Å². The Kier molecular flexibility index (Phi) is 4.95. The zero-order chi connectivity index (χ0) is 14.5. The first kappa shape index (κ1) is 14.8. The van der Waals surface area contributed by atoms with Crippen LogP contribution in [0.25, 0.3) is 11.3 Å². The molecule has 0 saturated carbocycles. The second-order valence-corrected chi connectivity index (χ2v) is 5.12. The molecular weight excluding hydrogens is 320 g/mol. The van der Waals surface area contributed by atoms with E-state index < -0.39 is 0 Å². The van der Waals surface area contributed by atoms with Crippen LogP contribution in [0.1, 0.15) is 19.2 Å². The number of rotatable bonds is 5. The maximum Gasteiger partial charge on any atom is 0.131 e. The van der Waals surface area contributed by atoms with Crippen molar-refractivity contribution in [3.63, 3.8) is 0 Å². The van der Waals surface area contributed by atoms with Gasteiger partial charge in [-0.2, -0.15) is 0 Å². The molecule has 0 fully saturated rings. The number of halogens is 1. The number of aromatic nitrogens is 2. The van der Waals surface area contributed by atoms with Gasteiger partial charge in [0.2, 0.25) is 0 Å². The van der Waals surface area contributed by atoms with Crippen molar-refractivity contribution in [1.29, 1.82) is 0 Å². The van der Waals surface area contributed by atoms with Crippen molar-refractivity contribution in [2.45, 2.75) is 19.8 Å². The van der Waals surface area contributed by atoms with E-state index in [1.165, 1.54) is 0 Å². The van der Waals surface area contributed by atoms with Crippen LogP contribution >= 0.6 is 15.9 Å². The van der Waals surface area contributed by atoms with Crippen molar-refractivity contribution >= 4 is 15.9 Å². The predicted octanol–water partition coefficient (Wildman–Crippen LogP) is 3.88. The van der Waals surface area contributed by atoms with Crippen molar-refractivity contribution in [3.05, 3.63) is 34.7 Å². The summed E-state index contributed by atoms with van der Waals surface area (Å²) in [6, 6.07) is 7.59. The molecule has 0 unspecified atom stereocenters. The molecule has 0 atom stereocenters. The molecule has 2 aromatic rings. The molecule has 0 spiro atoms. The summed E-state index contributed by atoms with van der Waals surface area (Å²) in [6.07, 6.45) is 1.86. The van der Waals surface area contributed by atoms with Gasteiger partial charge in [0.05, 0.1) is 19.9 Å². The van der Waals surface area contributed by atoms with Crippen LogP contribution in [0.5, 0.6) is 11.5 Å². The third kappa shape index (κ3) is 3.28. The molecule has 2 rings (SSSR count). The highest BCUT2D eigenvalue weighted by atomic mass is 79.9. The summed E-state index contributed by atoms with van der Waals surface area (Å²) in [6.45, 7) is 2.11. The van der Waals surface area contributed by atoms with E-state index in [-0.39, 0.29) is 0 Å². The molecule has 1 aromatic carbocycles. The van der Waals surface area contributed by atoms with Gasteiger partial charge in [0.1, 0.15) is 21.9 Å². The van der Waals surface area contributed by atoms with Gasteiger partial charge in [-0.25, -0.2) is 9.97 Å². The van der Waals surface area contributed by atoms with Crippen molar-refractivity contribution < 1.29 is 9.47 Å². The molecule has 0 saturated heterocycles. The highest BCUT2D eigenvalue weighted by Crippen LogP contribution is 2.33. The first-order valence-corrected chi connectivity index (χ1v) is 7.23. The lowest BCUT2D eigenvalue weighted by atomic mass is 10.1. The molecule has 1 aromatic heterocycles. The molecule has 20 heavy (non-hydrogen) atoms.